The number of aryl methyl sites for hydroxylation is 3. The molecule has 0 fully saturated rings. The van der Waals surface area contributed by atoms with Crippen LogP contribution in [0.2, 0.25) is 0 Å². The van der Waals surface area contributed by atoms with Gasteiger partial charge in [0, 0.05) is 23.6 Å². The molecule has 0 amide bonds. The molecule has 0 saturated carbocycles. The molecule has 4 aromatic rings. The van der Waals surface area contributed by atoms with Crippen LogP contribution >= 0.6 is 0 Å². The predicted molar refractivity (Wildman–Crippen MR) is 110 cm³/mol. The molecule has 0 radical (unpaired) electrons. The van der Waals surface area contributed by atoms with E-state index in [9.17, 15) is 4.79 Å². The lowest BCUT2D eigenvalue weighted by atomic mass is 10.1. The van der Waals surface area contributed by atoms with Crippen molar-refractivity contribution in [2.75, 3.05) is 6.61 Å². The monoisotopic (exact) mass is 373 g/mol. The van der Waals surface area contributed by atoms with Gasteiger partial charge in [-0.1, -0.05) is 30.3 Å². The SMILES string of the molecule is Cc1ccc(C)c(OCCCn2cc(C(=O)c3ccco3)c3ccccc32)c1. The predicted octanol–water partition coefficient (Wildman–Crippen LogP) is 5.55. The maximum Gasteiger partial charge on any atom is 0.230 e. The van der Waals surface area contributed by atoms with Crippen molar-refractivity contribution < 1.29 is 13.9 Å². The Labute approximate surface area is 164 Å². The number of aromatic nitrogens is 1. The van der Waals surface area contributed by atoms with Crippen molar-refractivity contribution in [3.63, 3.8) is 0 Å². The highest BCUT2D eigenvalue weighted by atomic mass is 16.5. The minimum atomic E-state index is -0.0911. The molecular formula is C24H23NO3. The summed E-state index contributed by atoms with van der Waals surface area (Å²) in [7, 11) is 0. The number of furan rings is 1. The van der Waals surface area contributed by atoms with E-state index in [0.29, 0.717) is 17.9 Å². The Bertz CT molecular complexity index is 1110. The van der Waals surface area contributed by atoms with Crippen molar-refractivity contribution in [2.24, 2.45) is 0 Å². The first-order valence-electron chi connectivity index (χ1n) is 9.49. The number of ketones is 1. The second-order valence-corrected chi connectivity index (χ2v) is 7.03. The fourth-order valence-corrected chi connectivity index (χ4v) is 3.43. The average molecular weight is 373 g/mol. The number of carbonyl (C=O) groups is 1. The lowest BCUT2D eigenvalue weighted by molar-refractivity contribution is 0.101. The van der Waals surface area contributed by atoms with Gasteiger partial charge in [-0.2, -0.15) is 0 Å². The minimum absolute atomic E-state index is 0.0911. The van der Waals surface area contributed by atoms with Crippen LogP contribution in [-0.4, -0.2) is 17.0 Å². The van der Waals surface area contributed by atoms with Crippen molar-refractivity contribution in [1.82, 2.24) is 4.57 Å². The first-order valence-corrected chi connectivity index (χ1v) is 9.49. The number of nitrogens with zero attached hydrogens (tertiary/aromatic N) is 1. The third-order valence-electron chi connectivity index (χ3n) is 4.92. The lowest BCUT2D eigenvalue weighted by Gasteiger charge is -2.10. The van der Waals surface area contributed by atoms with E-state index in [2.05, 4.69) is 36.6 Å². The maximum atomic E-state index is 12.8. The molecule has 2 heterocycles. The summed E-state index contributed by atoms with van der Waals surface area (Å²) in [5.74, 6) is 1.21. The quantitative estimate of drug-likeness (QED) is 0.315. The summed E-state index contributed by atoms with van der Waals surface area (Å²) < 4.78 is 13.4. The molecule has 0 spiro atoms. The van der Waals surface area contributed by atoms with E-state index in [4.69, 9.17) is 9.15 Å². The van der Waals surface area contributed by atoms with Crippen LogP contribution in [0.1, 0.15) is 33.7 Å². The Kier molecular flexibility index (Phi) is 5.02. The third-order valence-corrected chi connectivity index (χ3v) is 4.92. The zero-order valence-corrected chi connectivity index (χ0v) is 16.1. The highest BCUT2D eigenvalue weighted by Gasteiger charge is 2.18. The number of carbonyl (C=O) groups excluding carboxylic acids is 1. The summed E-state index contributed by atoms with van der Waals surface area (Å²) in [5, 5.41) is 0.944. The van der Waals surface area contributed by atoms with Crippen LogP contribution in [0.3, 0.4) is 0 Å². The van der Waals surface area contributed by atoms with Crippen molar-refractivity contribution in [1.29, 1.82) is 0 Å². The summed E-state index contributed by atoms with van der Waals surface area (Å²) in [6, 6.07) is 17.6. The molecule has 0 unspecified atom stereocenters. The van der Waals surface area contributed by atoms with E-state index in [1.807, 2.05) is 30.5 Å². The van der Waals surface area contributed by atoms with Crippen LogP contribution in [0, 0.1) is 13.8 Å². The van der Waals surface area contributed by atoms with Gasteiger partial charge < -0.3 is 13.7 Å². The number of fused-ring (bicyclic) bond motifs is 1. The molecule has 142 valence electrons. The molecule has 2 aromatic carbocycles. The molecule has 2 aromatic heterocycles. The second kappa shape index (κ2) is 7.77. The van der Waals surface area contributed by atoms with Crippen LogP contribution in [0.25, 0.3) is 10.9 Å². The fraction of sp³-hybridized carbons (Fsp3) is 0.208. The molecule has 0 N–H and O–H groups in total. The van der Waals surface area contributed by atoms with Gasteiger partial charge in [-0.05, 0) is 55.7 Å². The fourth-order valence-electron chi connectivity index (χ4n) is 3.43. The summed E-state index contributed by atoms with van der Waals surface area (Å²) >= 11 is 0. The topological polar surface area (TPSA) is 44.4 Å². The lowest BCUT2D eigenvalue weighted by Crippen LogP contribution is -2.05. The Morgan fingerprint density at radius 3 is 2.75 bits per heavy atom. The molecule has 0 atom stereocenters. The van der Waals surface area contributed by atoms with Gasteiger partial charge in [-0.15, -0.1) is 0 Å². The molecule has 0 saturated heterocycles. The molecular weight excluding hydrogens is 350 g/mol. The third kappa shape index (κ3) is 3.58. The molecule has 28 heavy (non-hydrogen) atoms. The molecule has 4 heteroatoms. The maximum absolute atomic E-state index is 12.8. The van der Waals surface area contributed by atoms with E-state index < -0.39 is 0 Å². The smallest absolute Gasteiger partial charge is 0.230 e. The Hall–Kier alpha value is -3.27. The zero-order chi connectivity index (χ0) is 19.5. The van der Waals surface area contributed by atoms with Gasteiger partial charge in [0.1, 0.15) is 5.75 Å². The second-order valence-electron chi connectivity index (χ2n) is 7.03. The number of rotatable bonds is 7. The Morgan fingerprint density at radius 2 is 1.93 bits per heavy atom. The molecule has 0 aliphatic carbocycles. The highest BCUT2D eigenvalue weighted by Crippen LogP contribution is 2.25. The van der Waals surface area contributed by atoms with Crippen LogP contribution in [0.5, 0.6) is 5.75 Å². The normalized spacial score (nSPS) is 11.1. The Morgan fingerprint density at radius 1 is 1.07 bits per heavy atom. The van der Waals surface area contributed by atoms with Crippen LogP contribution in [-0.2, 0) is 6.54 Å². The summed E-state index contributed by atoms with van der Waals surface area (Å²) in [5.41, 5.74) is 4.05. The van der Waals surface area contributed by atoms with Gasteiger partial charge in [0.2, 0.25) is 5.78 Å². The standard InChI is InChI=1S/C24H23NO3/c1-17-10-11-18(2)23(15-17)28-14-6-12-25-16-20(19-7-3-4-8-21(19)25)24(26)22-9-5-13-27-22/h3-5,7-11,13,15-16H,6,12,14H2,1-2H3. The van der Waals surface area contributed by atoms with E-state index in [-0.39, 0.29) is 5.78 Å². The number of hydrogen-bond donors (Lipinski definition) is 0. The first-order chi connectivity index (χ1) is 13.6. The molecule has 4 nitrogen and oxygen atoms in total. The summed E-state index contributed by atoms with van der Waals surface area (Å²) in [6.07, 6.45) is 4.30. The Balaban J connectivity index is 1.50. The van der Waals surface area contributed by atoms with Crippen LogP contribution in [0.4, 0.5) is 0 Å². The van der Waals surface area contributed by atoms with E-state index in [1.54, 1.807) is 12.1 Å². The summed E-state index contributed by atoms with van der Waals surface area (Å²) in [6.45, 7) is 5.52. The van der Waals surface area contributed by atoms with E-state index >= 15 is 0 Å². The van der Waals surface area contributed by atoms with Crippen molar-refractivity contribution in [3.8, 4) is 5.75 Å². The van der Waals surface area contributed by atoms with Gasteiger partial charge >= 0.3 is 0 Å². The van der Waals surface area contributed by atoms with Gasteiger partial charge in [0.05, 0.1) is 18.4 Å². The van der Waals surface area contributed by atoms with Crippen molar-refractivity contribution >= 4 is 16.7 Å². The van der Waals surface area contributed by atoms with Crippen LogP contribution < -0.4 is 4.74 Å². The zero-order valence-electron chi connectivity index (χ0n) is 16.1. The highest BCUT2D eigenvalue weighted by molar-refractivity contribution is 6.15. The van der Waals surface area contributed by atoms with Gasteiger partial charge in [0.15, 0.2) is 5.76 Å². The van der Waals surface area contributed by atoms with Crippen LogP contribution in [0.15, 0.2) is 71.5 Å². The van der Waals surface area contributed by atoms with Gasteiger partial charge in [0.25, 0.3) is 0 Å². The number of ether oxygens (including phenoxy) is 1. The van der Waals surface area contributed by atoms with Gasteiger partial charge in [-0.3, -0.25) is 4.79 Å². The van der Waals surface area contributed by atoms with Gasteiger partial charge in [-0.25, -0.2) is 0 Å². The minimum Gasteiger partial charge on any atom is -0.493 e. The van der Waals surface area contributed by atoms with Crippen molar-refractivity contribution in [3.05, 3.63) is 89.5 Å². The number of benzene rings is 2. The molecule has 0 aliphatic rings. The average Bonchev–Trinajstić information content (AvgIpc) is 3.36. The summed E-state index contributed by atoms with van der Waals surface area (Å²) in [4.78, 5) is 12.8. The van der Waals surface area contributed by atoms with E-state index in [0.717, 1.165) is 35.2 Å². The largest absolute Gasteiger partial charge is 0.493 e. The number of para-hydroxylation sites is 1. The first kappa shape index (κ1) is 18.1. The molecule has 4 rings (SSSR count). The molecule has 0 bridgehead atoms. The number of hydrogen-bond acceptors (Lipinski definition) is 3. The van der Waals surface area contributed by atoms with E-state index in [1.165, 1.54) is 11.8 Å². The van der Waals surface area contributed by atoms with Crippen molar-refractivity contribution in [2.45, 2.75) is 26.8 Å². The molecule has 0 aliphatic heterocycles.